The highest BCUT2D eigenvalue weighted by Crippen LogP contribution is 2.29. The first-order valence-electron chi connectivity index (χ1n) is 7.86. The quantitative estimate of drug-likeness (QED) is 0.913. The minimum atomic E-state index is -4.38. The molecule has 4 nitrogen and oxygen atoms in total. The van der Waals surface area contributed by atoms with Gasteiger partial charge in [0, 0.05) is 19.0 Å². The highest BCUT2D eigenvalue weighted by molar-refractivity contribution is 5.80. The van der Waals surface area contributed by atoms with Crippen LogP contribution in [0.25, 0.3) is 0 Å². The van der Waals surface area contributed by atoms with Gasteiger partial charge in [-0.2, -0.15) is 13.2 Å². The van der Waals surface area contributed by atoms with Crippen molar-refractivity contribution in [3.05, 3.63) is 35.4 Å². The second kappa shape index (κ2) is 7.23. The van der Waals surface area contributed by atoms with Gasteiger partial charge in [0.2, 0.25) is 5.91 Å². The van der Waals surface area contributed by atoms with Crippen LogP contribution in [0, 0.1) is 11.8 Å². The minimum absolute atomic E-state index is 0.152. The average Bonchev–Trinajstić information content (AvgIpc) is 2.53. The van der Waals surface area contributed by atoms with Crippen molar-refractivity contribution >= 4 is 11.9 Å². The van der Waals surface area contributed by atoms with Crippen molar-refractivity contribution in [2.24, 2.45) is 11.8 Å². The largest absolute Gasteiger partial charge is 0.481 e. The van der Waals surface area contributed by atoms with Gasteiger partial charge in [0.15, 0.2) is 0 Å². The zero-order valence-electron chi connectivity index (χ0n) is 13.3. The summed E-state index contributed by atoms with van der Waals surface area (Å²) in [4.78, 5) is 25.1. The lowest BCUT2D eigenvalue weighted by Gasteiger charge is -2.32. The highest BCUT2D eigenvalue weighted by atomic mass is 19.4. The molecule has 0 bridgehead atoms. The first-order chi connectivity index (χ1) is 11.2. The number of hydrogen-bond acceptors (Lipinski definition) is 2. The summed E-state index contributed by atoms with van der Waals surface area (Å²) < 4.78 is 37.6. The molecule has 1 aliphatic rings. The van der Waals surface area contributed by atoms with Crippen LogP contribution in [0.15, 0.2) is 24.3 Å². The summed E-state index contributed by atoms with van der Waals surface area (Å²) in [5.41, 5.74) is -0.0683. The summed E-state index contributed by atoms with van der Waals surface area (Å²) in [6, 6.07) is 4.77. The van der Waals surface area contributed by atoms with Gasteiger partial charge in [0.05, 0.1) is 11.5 Å². The van der Waals surface area contributed by atoms with Gasteiger partial charge in [-0.25, -0.2) is 0 Å². The molecule has 132 valence electrons. The van der Waals surface area contributed by atoms with E-state index in [2.05, 4.69) is 0 Å². The van der Waals surface area contributed by atoms with Crippen molar-refractivity contribution in [2.45, 2.75) is 32.4 Å². The topological polar surface area (TPSA) is 57.6 Å². The van der Waals surface area contributed by atoms with Crippen LogP contribution < -0.4 is 0 Å². The molecule has 2 atom stereocenters. The molecule has 0 radical (unpaired) electrons. The Labute approximate surface area is 138 Å². The third-order valence-corrected chi connectivity index (χ3v) is 4.33. The first-order valence-corrected chi connectivity index (χ1v) is 7.86. The zero-order chi connectivity index (χ0) is 17.9. The molecule has 7 heteroatoms. The van der Waals surface area contributed by atoms with E-state index in [4.69, 9.17) is 5.11 Å². The van der Waals surface area contributed by atoms with Crippen molar-refractivity contribution in [1.29, 1.82) is 0 Å². The van der Waals surface area contributed by atoms with Crippen LogP contribution >= 0.6 is 0 Å². The molecule has 1 aliphatic heterocycles. The summed E-state index contributed by atoms with van der Waals surface area (Å²) in [5, 5.41) is 9.07. The van der Waals surface area contributed by atoms with E-state index in [1.807, 2.05) is 0 Å². The van der Waals surface area contributed by atoms with Crippen molar-refractivity contribution in [3.8, 4) is 0 Å². The fourth-order valence-electron chi connectivity index (χ4n) is 2.96. The Bertz CT molecular complexity index is 598. The van der Waals surface area contributed by atoms with Crippen LogP contribution in [0.5, 0.6) is 0 Å². The van der Waals surface area contributed by atoms with E-state index >= 15 is 0 Å². The molecule has 0 unspecified atom stereocenters. The number of aliphatic carboxylic acids is 1. The van der Waals surface area contributed by atoms with Gasteiger partial charge < -0.3 is 10.0 Å². The van der Waals surface area contributed by atoms with Gasteiger partial charge in [-0.3, -0.25) is 9.59 Å². The molecule has 1 aromatic rings. The highest BCUT2D eigenvalue weighted by Gasteiger charge is 2.31. The molecule has 24 heavy (non-hydrogen) atoms. The summed E-state index contributed by atoms with van der Waals surface area (Å²) in [7, 11) is 0. The Morgan fingerprint density at radius 1 is 1.29 bits per heavy atom. The Morgan fingerprint density at radius 2 is 1.92 bits per heavy atom. The monoisotopic (exact) mass is 343 g/mol. The van der Waals surface area contributed by atoms with Gasteiger partial charge in [-0.05, 0) is 37.0 Å². The molecular formula is C17H20F3NO3. The standard InChI is InChI=1S/C17H20F3NO3/c1-11(9-12-4-6-14(7-5-12)17(18,19)20)15(22)21-8-2-3-13(10-21)16(23)24/h4-7,11,13H,2-3,8-10H2,1H3,(H,23,24)/t11-,13-/m1/s1. The number of piperidine rings is 1. The maximum atomic E-state index is 12.5. The maximum Gasteiger partial charge on any atom is 0.416 e. The lowest BCUT2D eigenvalue weighted by Crippen LogP contribution is -2.44. The van der Waals surface area contributed by atoms with Crippen LogP contribution in [0.3, 0.4) is 0 Å². The second-order valence-corrected chi connectivity index (χ2v) is 6.26. The predicted octanol–water partition coefficient (Wildman–Crippen LogP) is 3.21. The number of alkyl halides is 3. The Kier molecular flexibility index (Phi) is 5.51. The summed E-state index contributed by atoms with van der Waals surface area (Å²) in [6.45, 7) is 2.44. The molecule has 1 amide bonds. The Hall–Kier alpha value is -2.05. The van der Waals surface area contributed by atoms with Crippen molar-refractivity contribution in [3.63, 3.8) is 0 Å². The van der Waals surface area contributed by atoms with Gasteiger partial charge in [-0.1, -0.05) is 19.1 Å². The van der Waals surface area contributed by atoms with E-state index in [0.29, 0.717) is 31.4 Å². The van der Waals surface area contributed by atoms with E-state index in [1.165, 1.54) is 12.1 Å². The number of nitrogens with zero attached hydrogens (tertiary/aromatic N) is 1. The minimum Gasteiger partial charge on any atom is -0.481 e. The smallest absolute Gasteiger partial charge is 0.416 e. The zero-order valence-corrected chi connectivity index (χ0v) is 13.3. The van der Waals surface area contributed by atoms with E-state index in [1.54, 1.807) is 11.8 Å². The van der Waals surface area contributed by atoms with E-state index in [-0.39, 0.29) is 12.5 Å². The number of carboxylic acid groups (broad SMARTS) is 1. The van der Waals surface area contributed by atoms with E-state index in [0.717, 1.165) is 12.1 Å². The average molecular weight is 343 g/mol. The normalized spacial score (nSPS) is 19.8. The summed E-state index contributed by atoms with van der Waals surface area (Å²) in [6.07, 6.45) is -2.84. The van der Waals surface area contributed by atoms with E-state index in [9.17, 15) is 22.8 Å². The molecular weight excluding hydrogens is 323 g/mol. The second-order valence-electron chi connectivity index (χ2n) is 6.26. The number of rotatable bonds is 4. The SMILES string of the molecule is C[C@H](Cc1ccc(C(F)(F)F)cc1)C(=O)N1CCC[C@@H](C(=O)O)C1. The number of likely N-dealkylation sites (tertiary alicyclic amines) is 1. The summed E-state index contributed by atoms with van der Waals surface area (Å²) in [5.74, 6) is -2.00. The van der Waals surface area contributed by atoms with Gasteiger partial charge in [0.25, 0.3) is 0 Å². The summed E-state index contributed by atoms with van der Waals surface area (Å²) >= 11 is 0. The van der Waals surface area contributed by atoms with Gasteiger partial charge >= 0.3 is 12.1 Å². The molecule has 0 spiro atoms. The molecule has 1 fully saturated rings. The number of carbonyl (C=O) groups excluding carboxylic acids is 1. The lowest BCUT2D eigenvalue weighted by molar-refractivity contribution is -0.146. The van der Waals surface area contributed by atoms with Crippen LogP contribution in [0.4, 0.5) is 13.2 Å². The van der Waals surface area contributed by atoms with Crippen LogP contribution in [0.2, 0.25) is 0 Å². The third-order valence-electron chi connectivity index (χ3n) is 4.33. The third kappa shape index (κ3) is 4.49. The molecule has 0 aromatic heterocycles. The number of carboxylic acids is 1. The number of amides is 1. The molecule has 1 saturated heterocycles. The van der Waals surface area contributed by atoms with E-state index < -0.39 is 29.5 Å². The Balaban J connectivity index is 1.97. The lowest BCUT2D eigenvalue weighted by atomic mass is 9.94. The maximum absolute atomic E-state index is 12.5. The number of benzene rings is 1. The van der Waals surface area contributed by atoms with Crippen LogP contribution in [-0.2, 0) is 22.2 Å². The fraction of sp³-hybridized carbons (Fsp3) is 0.529. The first kappa shape index (κ1) is 18.3. The Morgan fingerprint density at radius 3 is 2.46 bits per heavy atom. The molecule has 2 rings (SSSR count). The fourth-order valence-corrected chi connectivity index (χ4v) is 2.96. The van der Waals surface area contributed by atoms with Crippen molar-refractivity contribution < 1.29 is 27.9 Å². The number of carbonyl (C=O) groups is 2. The molecule has 0 saturated carbocycles. The van der Waals surface area contributed by atoms with Crippen molar-refractivity contribution in [1.82, 2.24) is 4.90 Å². The molecule has 1 N–H and O–H groups in total. The molecule has 1 heterocycles. The van der Waals surface area contributed by atoms with Gasteiger partial charge in [0.1, 0.15) is 0 Å². The van der Waals surface area contributed by atoms with Crippen molar-refractivity contribution in [2.75, 3.05) is 13.1 Å². The molecule has 0 aliphatic carbocycles. The molecule has 1 aromatic carbocycles. The number of hydrogen-bond donors (Lipinski definition) is 1. The number of halogens is 3. The van der Waals surface area contributed by atoms with Crippen LogP contribution in [0.1, 0.15) is 30.9 Å². The van der Waals surface area contributed by atoms with Gasteiger partial charge in [-0.15, -0.1) is 0 Å². The van der Waals surface area contributed by atoms with Crippen LogP contribution in [-0.4, -0.2) is 35.0 Å². The predicted molar refractivity (Wildman–Crippen MR) is 81.3 cm³/mol.